The number of ether oxygens (including phenoxy) is 2. The molecular formula is C7H11N3O2. The van der Waals surface area contributed by atoms with Gasteiger partial charge in [-0.3, -0.25) is 5.10 Å². The predicted octanol–water partition coefficient (Wildman–Crippen LogP) is -0.485. The minimum atomic E-state index is -0.0393. The molecule has 0 radical (unpaired) electrons. The zero-order chi connectivity index (χ0) is 8.39. The quantitative estimate of drug-likeness (QED) is 0.626. The molecule has 12 heavy (non-hydrogen) atoms. The van der Waals surface area contributed by atoms with Crippen molar-refractivity contribution in [2.45, 2.75) is 12.1 Å². The molecule has 3 N–H and O–H groups in total. The van der Waals surface area contributed by atoms with E-state index in [4.69, 9.17) is 15.2 Å². The highest BCUT2D eigenvalue weighted by Crippen LogP contribution is 2.13. The maximum Gasteiger partial charge on any atom is 0.157 e. The van der Waals surface area contributed by atoms with E-state index in [1.165, 1.54) is 0 Å². The highest BCUT2D eigenvalue weighted by molar-refractivity contribution is 5.11. The van der Waals surface area contributed by atoms with Gasteiger partial charge in [-0.25, -0.2) is 0 Å². The fourth-order valence-electron chi connectivity index (χ4n) is 1.15. The van der Waals surface area contributed by atoms with E-state index in [-0.39, 0.29) is 12.1 Å². The molecule has 2 heterocycles. The van der Waals surface area contributed by atoms with Crippen LogP contribution in [0.4, 0.5) is 0 Å². The second kappa shape index (κ2) is 3.12. The summed E-state index contributed by atoms with van der Waals surface area (Å²) in [6.45, 7) is 1.13. The second-order valence-corrected chi connectivity index (χ2v) is 2.79. The highest BCUT2D eigenvalue weighted by atomic mass is 16.5. The van der Waals surface area contributed by atoms with Gasteiger partial charge in [0.2, 0.25) is 0 Å². The van der Waals surface area contributed by atoms with Crippen LogP contribution in [0.3, 0.4) is 0 Å². The topological polar surface area (TPSA) is 73.2 Å². The van der Waals surface area contributed by atoms with Crippen molar-refractivity contribution in [3.8, 4) is 5.75 Å². The normalized spacial score (nSPS) is 29.1. The smallest absolute Gasteiger partial charge is 0.157 e. The first kappa shape index (κ1) is 7.57. The number of nitrogens with two attached hydrogens (primary N) is 1. The molecular weight excluding hydrogens is 158 g/mol. The Morgan fingerprint density at radius 2 is 2.58 bits per heavy atom. The molecule has 0 saturated carbocycles. The maximum absolute atomic E-state index is 5.71. The third-order valence-electron chi connectivity index (χ3n) is 1.83. The summed E-state index contributed by atoms with van der Waals surface area (Å²) in [4.78, 5) is 0. The lowest BCUT2D eigenvalue weighted by Gasteiger charge is -2.13. The van der Waals surface area contributed by atoms with E-state index in [1.807, 2.05) is 0 Å². The highest BCUT2D eigenvalue weighted by Gasteiger charge is 2.26. The van der Waals surface area contributed by atoms with Crippen LogP contribution >= 0.6 is 0 Å². The molecule has 1 aliphatic heterocycles. The first-order chi connectivity index (χ1) is 5.86. The van der Waals surface area contributed by atoms with E-state index in [9.17, 15) is 0 Å². The van der Waals surface area contributed by atoms with Crippen LogP contribution in [-0.4, -0.2) is 35.6 Å². The summed E-state index contributed by atoms with van der Waals surface area (Å²) in [6.07, 6.45) is 3.26. The predicted molar refractivity (Wildman–Crippen MR) is 41.8 cm³/mol. The summed E-state index contributed by atoms with van der Waals surface area (Å²) in [7, 11) is 0. The number of aromatic nitrogens is 2. The summed E-state index contributed by atoms with van der Waals surface area (Å²) in [6, 6.07) is -0.0279. The Labute approximate surface area is 69.8 Å². The Bertz CT molecular complexity index is 237. The van der Waals surface area contributed by atoms with Gasteiger partial charge < -0.3 is 15.2 Å². The van der Waals surface area contributed by atoms with Crippen molar-refractivity contribution in [2.75, 3.05) is 13.2 Å². The Kier molecular flexibility index (Phi) is 1.97. The zero-order valence-corrected chi connectivity index (χ0v) is 6.56. The van der Waals surface area contributed by atoms with Gasteiger partial charge >= 0.3 is 0 Å². The van der Waals surface area contributed by atoms with Crippen LogP contribution in [0.1, 0.15) is 0 Å². The standard InChI is InChI=1S/C7H11N3O2/c8-6-3-11-4-7(6)12-5-1-9-10-2-5/h1-2,6-7H,3-4,8H2,(H,9,10). The van der Waals surface area contributed by atoms with Crippen molar-refractivity contribution in [2.24, 2.45) is 5.73 Å². The summed E-state index contributed by atoms with van der Waals surface area (Å²) in [5.41, 5.74) is 5.71. The number of hydrogen-bond acceptors (Lipinski definition) is 4. The van der Waals surface area contributed by atoms with Gasteiger partial charge in [-0.2, -0.15) is 5.10 Å². The van der Waals surface area contributed by atoms with E-state index in [0.717, 1.165) is 0 Å². The molecule has 1 aromatic rings. The van der Waals surface area contributed by atoms with Crippen LogP contribution in [0, 0.1) is 0 Å². The van der Waals surface area contributed by atoms with Gasteiger partial charge in [0.25, 0.3) is 0 Å². The Hall–Kier alpha value is -1.07. The molecule has 1 aromatic heterocycles. The van der Waals surface area contributed by atoms with Crippen molar-refractivity contribution in [1.82, 2.24) is 10.2 Å². The zero-order valence-electron chi connectivity index (χ0n) is 6.56. The minimum absolute atomic E-state index is 0.0279. The summed E-state index contributed by atoms with van der Waals surface area (Å²) < 4.78 is 10.6. The average Bonchev–Trinajstić information content (AvgIpc) is 2.65. The minimum Gasteiger partial charge on any atom is -0.483 e. The van der Waals surface area contributed by atoms with E-state index >= 15 is 0 Å². The number of nitrogens with one attached hydrogen (secondary N) is 1. The SMILES string of the molecule is NC1COCC1Oc1cn[nH]c1. The molecule has 66 valence electrons. The molecule has 0 aliphatic carbocycles. The molecule has 2 rings (SSSR count). The van der Waals surface area contributed by atoms with Crippen LogP contribution in [0.2, 0.25) is 0 Å². The van der Waals surface area contributed by atoms with Crippen LogP contribution in [0.15, 0.2) is 12.4 Å². The molecule has 1 aliphatic rings. The first-order valence-corrected chi connectivity index (χ1v) is 3.85. The van der Waals surface area contributed by atoms with E-state index < -0.39 is 0 Å². The maximum atomic E-state index is 5.71. The lowest BCUT2D eigenvalue weighted by atomic mass is 10.2. The number of H-pyrrole nitrogens is 1. The molecule has 1 saturated heterocycles. The van der Waals surface area contributed by atoms with Gasteiger partial charge in [-0.15, -0.1) is 0 Å². The second-order valence-electron chi connectivity index (χ2n) is 2.79. The summed E-state index contributed by atoms with van der Waals surface area (Å²) in [5, 5.41) is 6.42. The Morgan fingerprint density at radius 1 is 1.67 bits per heavy atom. The largest absolute Gasteiger partial charge is 0.483 e. The fourth-order valence-corrected chi connectivity index (χ4v) is 1.15. The van der Waals surface area contributed by atoms with Crippen molar-refractivity contribution in [1.29, 1.82) is 0 Å². The molecule has 1 fully saturated rings. The third kappa shape index (κ3) is 1.41. The van der Waals surface area contributed by atoms with Crippen molar-refractivity contribution >= 4 is 0 Å². The van der Waals surface area contributed by atoms with E-state index in [0.29, 0.717) is 19.0 Å². The number of hydrogen-bond donors (Lipinski definition) is 2. The summed E-state index contributed by atoms with van der Waals surface area (Å²) in [5.74, 6) is 0.709. The van der Waals surface area contributed by atoms with Crippen LogP contribution in [0.5, 0.6) is 5.75 Å². The molecule has 0 aromatic carbocycles. The van der Waals surface area contributed by atoms with Gasteiger partial charge in [-0.1, -0.05) is 0 Å². The lowest BCUT2D eigenvalue weighted by molar-refractivity contribution is 0.140. The van der Waals surface area contributed by atoms with Gasteiger partial charge in [0.15, 0.2) is 5.75 Å². The first-order valence-electron chi connectivity index (χ1n) is 3.85. The molecule has 2 atom stereocenters. The monoisotopic (exact) mass is 169 g/mol. The summed E-state index contributed by atoms with van der Waals surface area (Å²) >= 11 is 0. The molecule has 5 heteroatoms. The third-order valence-corrected chi connectivity index (χ3v) is 1.83. The van der Waals surface area contributed by atoms with Crippen LogP contribution in [0.25, 0.3) is 0 Å². The molecule has 2 unspecified atom stereocenters. The lowest BCUT2D eigenvalue weighted by Crippen LogP contribution is -2.37. The van der Waals surface area contributed by atoms with Crippen LogP contribution in [-0.2, 0) is 4.74 Å². The fraction of sp³-hybridized carbons (Fsp3) is 0.571. The van der Waals surface area contributed by atoms with Crippen molar-refractivity contribution in [3.63, 3.8) is 0 Å². The van der Waals surface area contributed by atoms with Gasteiger partial charge in [0.1, 0.15) is 6.10 Å². The van der Waals surface area contributed by atoms with Crippen LogP contribution < -0.4 is 10.5 Å². The molecule has 0 spiro atoms. The van der Waals surface area contributed by atoms with Gasteiger partial charge in [0.05, 0.1) is 31.6 Å². The Balaban J connectivity index is 1.95. The van der Waals surface area contributed by atoms with E-state index in [2.05, 4.69) is 10.2 Å². The Morgan fingerprint density at radius 3 is 3.17 bits per heavy atom. The number of aromatic amines is 1. The van der Waals surface area contributed by atoms with E-state index in [1.54, 1.807) is 12.4 Å². The number of nitrogens with zero attached hydrogens (tertiary/aromatic N) is 1. The van der Waals surface area contributed by atoms with Crippen molar-refractivity contribution < 1.29 is 9.47 Å². The molecule has 0 bridgehead atoms. The molecule has 0 amide bonds. The number of rotatable bonds is 2. The molecule has 5 nitrogen and oxygen atoms in total. The van der Waals surface area contributed by atoms with Gasteiger partial charge in [-0.05, 0) is 0 Å². The van der Waals surface area contributed by atoms with Gasteiger partial charge in [0, 0.05) is 0 Å². The average molecular weight is 169 g/mol. The van der Waals surface area contributed by atoms with Crippen molar-refractivity contribution in [3.05, 3.63) is 12.4 Å².